The predicted molar refractivity (Wildman–Crippen MR) is 70.1 cm³/mol. The molecule has 1 aromatic carbocycles. The maximum Gasteiger partial charge on any atom is 0.416 e. The highest BCUT2D eigenvalue weighted by molar-refractivity contribution is 9.08. The molecular weight excluding hydrogens is 307 g/mol. The number of nitrogens with zero attached hydrogens (tertiary/aromatic N) is 1. The molecule has 100 valence electrons. The van der Waals surface area contributed by atoms with Crippen LogP contribution >= 0.6 is 15.9 Å². The van der Waals surface area contributed by atoms with Gasteiger partial charge < -0.3 is 4.90 Å². The average molecular weight is 322 g/mol. The zero-order chi connectivity index (χ0) is 13.2. The molecular formula is C13H15BrF3N. The summed E-state index contributed by atoms with van der Waals surface area (Å²) in [4.78, 5) is 2.04. The van der Waals surface area contributed by atoms with E-state index in [2.05, 4.69) is 15.9 Å². The van der Waals surface area contributed by atoms with Crippen LogP contribution in [0.2, 0.25) is 0 Å². The van der Waals surface area contributed by atoms with Crippen LogP contribution in [0.25, 0.3) is 0 Å². The van der Waals surface area contributed by atoms with Crippen molar-refractivity contribution in [3.05, 3.63) is 29.3 Å². The van der Waals surface area contributed by atoms with E-state index in [4.69, 9.17) is 0 Å². The molecule has 0 bridgehead atoms. The molecule has 0 N–H and O–H groups in total. The number of piperidine rings is 1. The zero-order valence-corrected chi connectivity index (χ0v) is 11.5. The molecule has 0 amide bonds. The maximum absolute atomic E-state index is 12.9. The van der Waals surface area contributed by atoms with Gasteiger partial charge in [-0.3, -0.25) is 0 Å². The number of alkyl halides is 4. The van der Waals surface area contributed by atoms with Gasteiger partial charge in [-0.25, -0.2) is 0 Å². The molecule has 1 aromatic rings. The van der Waals surface area contributed by atoms with E-state index in [1.165, 1.54) is 12.5 Å². The highest BCUT2D eigenvalue weighted by atomic mass is 79.9. The van der Waals surface area contributed by atoms with Gasteiger partial charge in [-0.05, 0) is 37.0 Å². The van der Waals surface area contributed by atoms with Crippen LogP contribution in [0, 0.1) is 0 Å². The quantitative estimate of drug-likeness (QED) is 0.720. The molecule has 2 rings (SSSR count). The van der Waals surface area contributed by atoms with Crippen molar-refractivity contribution in [2.24, 2.45) is 0 Å². The molecule has 0 aromatic heterocycles. The van der Waals surface area contributed by atoms with Gasteiger partial charge in [0.1, 0.15) is 0 Å². The van der Waals surface area contributed by atoms with Gasteiger partial charge in [0, 0.05) is 24.1 Å². The van der Waals surface area contributed by atoms with Gasteiger partial charge in [0.25, 0.3) is 0 Å². The number of benzene rings is 1. The van der Waals surface area contributed by atoms with Gasteiger partial charge in [-0.2, -0.15) is 13.2 Å². The Kier molecular flexibility index (Phi) is 4.20. The SMILES string of the molecule is FC(F)(F)c1cc(N2CCCCC2)ccc1CBr. The van der Waals surface area contributed by atoms with E-state index in [1.807, 2.05) is 4.90 Å². The number of anilines is 1. The van der Waals surface area contributed by atoms with Gasteiger partial charge in [0.05, 0.1) is 5.56 Å². The topological polar surface area (TPSA) is 3.24 Å². The number of halogens is 4. The molecule has 0 radical (unpaired) electrons. The third kappa shape index (κ3) is 2.99. The van der Waals surface area contributed by atoms with Crippen LogP contribution in [-0.2, 0) is 11.5 Å². The minimum atomic E-state index is -4.28. The molecule has 18 heavy (non-hydrogen) atoms. The van der Waals surface area contributed by atoms with Crippen LogP contribution in [0.5, 0.6) is 0 Å². The lowest BCUT2D eigenvalue weighted by Gasteiger charge is -2.29. The van der Waals surface area contributed by atoms with Crippen LogP contribution < -0.4 is 4.90 Å². The largest absolute Gasteiger partial charge is 0.416 e. The summed E-state index contributed by atoms with van der Waals surface area (Å²) in [5.74, 6) is 0. The van der Waals surface area contributed by atoms with Crippen molar-refractivity contribution in [3.63, 3.8) is 0 Å². The summed E-state index contributed by atoms with van der Waals surface area (Å²) in [5, 5.41) is 0.224. The lowest BCUT2D eigenvalue weighted by atomic mass is 10.0. The third-order valence-electron chi connectivity index (χ3n) is 3.26. The fourth-order valence-electron chi connectivity index (χ4n) is 2.29. The Morgan fingerprint density at radius 3 is 2.33 bits per heavy atom. The van der Waals surface area contributed by atoms with Crippen LogP contribution in [0.15, 0.2) is 18.2 Å². The monoisotopic (exact) mass is 321 g/mol. The van der Waals surface area contributed by atoms with E-state index in [0.29, 0.717) is 11.3 Å². The number of rotatable bonds is 2. The molecule has 1 saturated heterocycles. The number of hydrogen-bond donors (Lipinski definition) is 0. The van der Waals surface area contributed by atoms with E-state index in [0.717, 1.165) is 25.9 Å². The van der Waals surface area contributed by atoms with Gasteiger partial charge in [0.2, 0.25) is 0 Å². The molecule has 1 aliphatic rings. The van der Waals surface area contributed by atoms with Crippen molar-refractivity contribution in [3.8, 4) is 0 Å². The van der Waals surface area contributed by atoms with Gasteiger partial charge in [0.15, 0.2) is 0 Å². The molecule has 1 nitrogen and oxygen atoms in total. The first-order valence-corrected chi connectivity index (χ1v) is 7.15. The lowest BCUT2D eigenvalue weighted by Crippen LogP contribution is -2.29. The highest BCUT2D eigenvalue weighted by Crippen LogP contribution is 2.36. The first-order valence-electron chi connectivity index (χ1n) is 6.03. The lowest BCUT2D eigenvalue weighted by molar-refractivity contribution is -0.138. The fourth-order valence-corrected chi connectivity index (χ4v) is 2.78. The molecule has 0 spiro atoms. The maximum atomic E-state index is 12.9. The predicted octanol–water partition coefficient (Wildman–Crippen LogP) is 4.59. The molecule has 0 atom stereocenters. The van der Waals surface area contributed by atoms with Crippen molar-refractivity contribution in [2.75, 3.05) is 18.0 Å². The van der Waals surface area contributed by atoms with Gasteiger partial charge in [-0.15, -0.1) is 0 Å². The average Bonchev–Trinajstić information content (AvgIpc) is 2.38. The van der Waals surface area contributed by atoms with Crippen LogP contribution in [0.4, 0.5) is 18.9 Å². The van der Waals surface area contributed by atoms with E-state index in [1.54, 1.807) is 12.1 Å². The van der Waals surface area contributed by atoms with Crippen LogP contribution in [-0.4, -0.2) is 13.1 Å². The van der Waals surface area contributed by atoms with Gasteiger partial charge in [-0.1, -0.05) is 22.0 Å². The molecule has 1 heterocycles. The van der Waals surface area contributed by atoms with E-state index < -0.39 is 11.7 Å². The van der Waals surface area contributed by atoms with E-state index in [9.17, 15) is 13.2 Å². The molecule has 1 fully saturated rings. The van der Waals surface area contributed by atoms with Crippen molar-refractivity contribution in [2.45, 2.75) is 30.8 Å². The minimum Gasteiger partial charge on any atom is -0.372 e. The Bertz CT molecular complexity index is 411. The summed E-state index contributed by atoms with van der Waals surface area (Å²) in [6.07, 6.45) is -1.000. The Hall–Kier alpha value is -0.710. The third-order valence-corrected chi connectivity index (χ3v) is 3.87. The summed E-state index contributed by atoms with van der Waals surface area (Å²) >= 11 is 3.11. The summed E-state index contributed by atoms with van der Waals surface area (Å²) in [5.41, 5.74) is 0.456. The Balaban J connectivity index is 2.33. The van der Waals surface area contributed by atoms with E-state index >= 15 is 0 Å². The van der Waals surface area contributed by atoms with Gasteiger partial charge >= 0.3 is 6.18 Å². The zero-order valence-electron chi connectivity index (χ0n) is 9.93. The summed E-state index contributed by atoms with van der Waals surface area (Å²) in [6.45, 7) is 1.70. The highest BCUT2D eigenvalue weighted by Gasteiger charge is 2.33. The smallest absolute Gasteiger partial charge is 0.372 e. The standard InChI is InChI=1S/C13H15BrF3N/c14-9-10-4-5-11(8-12(10)13(15,16)17)18-6-2-1-3-7-18/h4-5,8H,1-3,6-7,9H2. The number of hydrogen-bond acceptors (Lipinski definition) is 1. The molecule has 0 aliphatic carbocycles. The van der Waals surface area contributed by atoms with Crippen LogP contribution in [0.1, 0.15) is 30.4 Å². The van der Waals surface area contributed by atoms with Crippen molar-refractivity contribution in [1.29, 1.82) is 0 Å². The first kappa shape index (κ1) is 13.7. The molecule has 5 heteroatoms. The normalized spacial score (nSPS) is 17.0. The minimum absolute atomic E-state index is 0.224. The second kappa shape index (κ2) is 5.51. The summed E-state index contributed by atoms with van der Waals surface area (Å²) < 4.78 is 38.8. The molecule has 0 saturated carbocycles. The summed E-state index contributed by atoms with van der Waals surface area (Å²) in [6, 6.07) is 4.64. The van der Waals surface area contributed by atoms with Crippen molar-refractivity contribution >= 4 is 21.6 Å². The summed E-state index contributed by atoms with van der Waals surface area (Å²) in [7, 11) is 0. The first-order chi connectivity index (χ1) is 8.52. The van der Waals surface area contributed by atoms with Crippen LogP contribution in [0.3, 0.4) is 0 Å². The van der Waals surface area contributed by atoms with Crippen molar-refractivity contribution in [1.82, 2.24) is 0 Å². The second-order valence-corrected chi connectivity index (χ2v) is 5.08. The Morgan fingerprint density at radius 2 is 1.78 bits per heavy atom. The second-order valence-electron chi connectivity index (χ2n) is 4.52. The van der Waals surface area contributed by atoms with E-state index in [-0.39, 0.29) is 5.33 Å². The molecule has 0 unspecified atom stereocenters. The fraction of sp³-hybridized carbons (Fsp3) is 0.538. The Labute approximate surface area is 113 Å². The molecule has 1 aliphatic heterocycles. The van der Waals surface area contributed by atoms with Crippen molar-refractivity contribution < 1.29 is 13.2 Å². The Morgan fingerprint density at radius 1 is 1.11 bits per heavy atom.